The Kier molecular flexibility index (Phi) is 8.37. The summed E-state index contributed by atoms with van der Waals surface area (Å²) in [6.07, 6.45) is 5.01. The number of aliphatic hydroxyl groups excluding tert-OH is 1. The molecule has 0 aliphatic carbocycles. The molecule has 0 aliphatic rings. The highest BCUT2D eigenvalue weighted by molar-refractivity contribution is 5.35. The van der Waals surface area contributed by atoms with Gasteiger partial charge in [-0.2, -0.15) is 15.0 Å². The highest BCUT2D eigenvalue weighted by atomic mass is 16.5. The van der Waals surface area contributed by atoms with E-state index in [-0.39, 0.29) is 6.61 Å². The van der Waals surface area contributed by atoms with Gasteiger partial charge in [-0.15, -0.1) is 0 Å². The van der Waals surface area contributed by atoms with Crippen molar-refractivity contribution in [3.8, 4) is 6.01 Å². The van der Waals surface area contributed by atoms with Crippen molar-refractivity contribution in [2.75, 3.05) is 37.4 Å². The van der Waals surface area contributed by atoms with Crippen LogP contribution in [0.4, 0.5) is 11.9 Å². The molecule has 7 nitrogen and oxygen atoms in total. The summed E-state index contributed by atoms with van der Waals surface area (Å²) >= 11 is 0. The Balaban J connectivity index is 2.42. The Morgan fingerprint density at radius 1 is 0.950 bits per heavy atom. The predicted molar refractivity (Wildman–Crippen MR) is 79.2 cm³/mol. The minimum Gasteiger partial charge on any atom is -0.467 e. The van der Waals surface area contributed by atoms with Gasteiger partial charge >= 0.3 is 6.01 Å². The van der Waals surface area contributed by atoms with E-state index in [2.05, 4.69) is 32.5 Å². The summed E-state index contributed by atoms with van der Waals surface area (Å²) in [7, 11) is 1.54. The second kappa shape index (κ2) is 10.2. The molecule has 0 radical (unpaired) electrons. The normalized spacial score (nSPS) is 10.3. The van der Waals surface area contributed by atoms with Gasteiger partial charge in [0.15, 0.2) is 0 Å². The van der Waals surface area contributed by atoms with Gasteiger partial charge in [-0.3, -0.25) is 0 Å². The zero-order chi connectivity index (χ0) is 14.6. The third kappa shape index (κ3) is 6.51. The van der Waals surface area contributed by atoms with E-state index in [1.165, 1.54) is 7.11 Å². The molecule has 1 aromatic heterocycles. The van der Waals surface area contributed by atoms with Crippen LogP contribution in [0, 0.1) is 0 Å². The summed E-state index contributed by atoms with van der Waals surface area (Å²) in [4.78, 5) is 12.6. The molecule has 20 heavy (non-hydrogen) atoms. The highest BCUT2D eigenvalue weighted by Crippen LogP contribution is 2.11. The fourth-order valence-electron chi connectivity index (χ4n) is 1.63. The Bertz CT molecular complexity index is 376. The van der Waals surface area contributed by atoms with Crippen LogP contribution in [0.3, 0.4) is 0 Å². The van der Waals surface area contributed by atoms with Crippen molar-refractivity contribution in [1.29, 1.82) is 0 Å². The third-order valence-corrected chi connectivity index (χ3v) is 2.70. The molecule has 0 unspecified atom stereocenters. The van der Waals surface area contributed by atoms with Gasteiger partial charge in [0.1, 0.15) is 0 Å². The zero-order valence-corrected chi connectivity index (χ0v) is 12.4. The minimum atomic E-state index is 0.268. The number of ether oxygens (including phenoxy) is 1. The first-order valence-corrected chi connectivity index (χ1v) is 7.18. The van der Waals surface area contributed by atoms with E-state index in [1.54, 1.807) is 0 Å². The number of hydrogen-bond donors (Lipinski definition) is 3. The van der Waals surface area contributed by atoms with Crippen molar-refractivity contribution < 1.29 is 9.84 Å². The molecule has 0 atom stereocenters. The minimum absolute atomic E-state index is 0.268. The highest BCUT2D eigenvalue weighted by Gasteiger charge is 2.05. The zero-order valence-electron chi connectivity index (χ0n) is 12.4. The number of aliphatic hydroxyl groups is 1. The maximum absolute atomic E-state index is 8.70. The van der Waals surface area contributed by atoms with Gasteiger partial charge in [0, 0.05) is 19.7 Å². The SMILES string of the molecule is CCCNc1nc(NCCCCCCO)nc(OC)n1. The Hall–Kier alpha value is -1.63. The predicted octanol–water partition coefficient (Wildman–Crippen LogP) is 1.67. The maximum atomic E-state index is 8.70. The molecule has 0 amide bonds. The largest absolute Gasteiger partial charge is 0.467 e. The van der Waals surface area contributed by atoms with E-state index in [0.29, 0.717) is 17.9 Å². The van der Waals surface area contributed by atoms with Crippen LogP contribution < -0.4 is 15.4 Å². The molecule has 7 heteroatoms. The van der Waals surface area contributed by atoms with E-state index in [9.17, 15) is 0 Å². The van der Waals surface area contributed by atoms with Crippen LogP contribution in [0.2, 0.25) is 0 Å². The van der Waals surface area contributed by atoms with Crippen LogP contribution in [-0.4, -0.2) is 46.9 Å². The van der Waals surface area contributed by atoms with Crippen molar-refractivity contribution in [1.82, 2.24) is 15.0 Å². The van der Waals surface area contributed by atoms with Crippen molar-refractivity contribution in [2.45, 2.75) is 39.0 Å². The van der Waals surface area contributed by atoms with E-state index in [1.807, 2.05) is 0 Å². The standard InChI is InChI=1S/C13H25N5O2/c1-3-8-14-11-16-12(18-13(17-11)20-2)15-9-6-4-5-7-10-19/h19H,3-10H2,1-2H3,(H2,14,15,16,17,18). The van der Waals surface area contributed by atoms with Crippen LogP contribution in [0.25, 0.3) is 0 Å². The van der Waals surface area contributed by atoms with Crippen LogP contribution in [-0.2, 0) is 0 Å². The average molecular weight is 283 g/mol. The number of aromatic nitrogens is 3. The maximum Gasteiger partial charge on any atom is 0.322 e. The summed E-state index contributed by atoms with van der Waals surface area (Å²) in [5, 5.41) is 15.0. The van der Waals surface area contributed by atoms with E-state index in [0.717, 1.165) is 45.2 Å². The van der Waals surface area contributed by atoms with Gasteiger partial charge in [-0.05, 0) is 19.3 Å². The Labute approximate surface area is 120 Å². The summed E-state index contributed by atoms with van der Waals surface area (Å²) in [5.41, 5.74) is 0. The van der Waals surface area contributed by atoms with Gasteiger partial charge in [0.25, 0.3) is 0 Å². The number of methoxy groups -OCH3 is 1. The van der Waals surface area contributed by atoms with Gasteiger partial charge in [-0.25, -0.2) is 0 Å². The van der Waals surface area contributed by atoms with Crippen molar-refractivity contribution in [2.24, 2.45) is 0 Å². The van der Waals surface area contributed by atoms with E-state index >= 15 is 0 Å². The fraction of sp³-hybridized carbons (Fsp3) is 0.769. The summed E-state index contributed by atoms with van der Waals surface area (Å²) in [6, 6.07) is 0.307. The van der Waals surface area contributed by atoms with Gasteiger partial charge < -0.3 is 20.5 Å². The molecule has 1 rings (SSSR count). The molecule has 0 fully saturated rings. The number of hydrogen-bond acceptors (Lipinski definition) is 7. The van der Waals surface area contributed by atoms with Crippen LogP contribution in [0.15, 0.2) is 0 Å². The fourth-order valence-corrected chi connectivity index (χ4v) is 1.63. The molecular weight excluding hydrogens is 258 g/mol. The quantitative estimate of drug-likeness (QED) is 0.532. The van der Waals surface area contributed by atoms with E-state index in [4.69, 9.17) is 9.84 Å². The lowest BCUT2D eigenvalue weighted by molar-refractivity contribution is 0.283. The first-order chi connectivity index (χ1) is 9.80. The van der Waals surface area contributed by atoms with Gasteiger partial charge in [0.2, 0.25) is 11.9 Å². The lowest BCUT2D eigenvalue weighted by Gasteiger charge is -2.09. The molecule has 0 saturated heterocycles. The molecule has 0 saturated carbocycles. The monoisotopic (exact) mass is 283 g/mol. The Morgan fingerprint density at radius 2 is 1.60 bits per heavy atom. The van der Waals surface area contributed by atoms with Crippen LogP contribution >= 0.6 is 0 Å². The van der Waals surface area contributed by atoms with Gasteiger partial charge in [-0.1, -0.05) is 19.8 Å². The molecule has 114 valence electrons. The van der Waals surface area contributed by atoms with Crippen molar-refractivity contribution in [3.05, 3.63) is 0 Å². The molecule has 3 N–H and O–H groups in total. The molecule has 0 aliphatic heterocycles. The number of nitrogens with zero attached hydrogens (tertiary/aromatic N) is 3. The smallest absolute Gasteiger partial charge is 0.322 e. The molecule has 0 bridgehead atoms. The summed E-state index contributed by atoms with van der Waals surface area (Å²) in [6.45, 7) is 3.96. The van der Waals surface area contributed by atoms with Crippen molar-refractivity contribution in [3.63, 3.8) is 0 Å². The molecule has 1 heterocycles. The summed E-state index contributed by atoms with van der Waals surface area (Å²) < 4.78 is 5.06. The lowest BCUT2D eigenvalue weighted by atomic mass is 10.2. The molecular formula is C13H25N5O2. The molecule has 1 aromatic rings. The Morgan fingerprint density at radius 3 is 2.20 bits per heavy atom. The number of anilines is 2. The topological polar surface area (TPSA) is 92.2 Å². The lowest BCUT2D eigenvalue weighted by Crippen LogP contribution is -2.11. The molecule has 0 aromatic carbocycles. The third-order valence-electron chi connectivity index (χ3n) is 2.70. The second-order valence-electron chi connectivity index (χ2n) is 4.46. The summed E-state index contributed by atoms with van der Waals surface area (Å²) in [5.74, 6) is 1.05. The first-order valence-electron chi connectivity index (χ1n) is 7.18. The number of unbranched alkanes of at least 4 members (excludes halogenated alkanes) is 3. The van der Waals surface area contributed by atoms with Crippen molar-refractivity contribution >= 4 is 11.9 Å². The van der Waals surface area contributed by atoms with Crippen LogP contribution in [0.1, 0.15) is 39.0 Å². The van der Waals surface area contributed by atoms with Gasteiger partial charge in [0.05, 0.1) is 7.11 Å². The van der Waals surface area contributed by atoms with Crippen LogP contribution in [0.5, 0.6) is 6.01 Å². The first kappa shape index (κ1) is 16.4. The van der Waals surface area contributed by atoms with E-state index < -0.39 is 0 Å². The number of nitrogens with one attached hydrogen (secondary N) is 2. The number of rotatable bonds is 11. The molecule has 0 spiro atoms. The second-order valence-corrected chi connectivity index (χ2v) is 4.46. The average Bonchev–Trinajstić information content (AvgIpc) is 2.48.